The summed E-state index contributed by atoms with van der Waals surface area (Å²) in [6.45, 7) is 5.57. The minimum atomic E-state index is -0.664. The molecule has 1 aromatic rings. The van der Waals surface area contributed by atoms with E-state index in [1.54, 1.807) is 0 Å². The number of carbonyl (C=O) groups is 3. The molecule has 0 saturated carbocycles. The predicted octanol–water partition coefficient (Wildman–Crippen LogP) is 2.05. The first-order chi connectivity index (χ1) is 13.2. The number of hydrogen-bond donors (Lipinski definition) is 2. The van der Waals surface area contributed by atoms with Crippen LogP contribution in [0.1, 0.15) is 50.4 Å². The number of methoxy groups -OCH3 is 1. The van der Waals surface area contributed by atoms with Crippen LogP contribution < -0.4 is 20.5 Å². The molecule has 8 nitrogen and oxygen atoms in total. The summed E-state index contributed by atoms with van der Waals surface area (Å²) in [5.41, 5.74) is 5.23. The van der Waals surface area contributed by atoms with E-state index in [2.05, 4.69) is 19.2 Å². The lowest BCUT2D eigenvalue weighted by Gasteiger charge is -2.15. The van der Waals surface area contributed by atoms with Crippen molar-refractivity contribution in [3.63, 3.8) is 0 Å². The second-order valence-corrected chi connectivity index (χ2v) is 6.99. The van der Waals surface area contributed by atoms with E-state index in [-0.39, 0.29) is 42.2 Å². The summed E-state index contributed by atoms with van der Waals surface area (Å²) >= 11 is 0. The minimum absolute atomic E-state index is 0.0201. The molecule has 156 valence electrons. The van der Waals surface area contributed by atoms with Gasteiger partial charge in [-0.05, 0) is 37.5 Å². The largest absolute Gasteiger partial charge is 0.493 e. The second-order valence-electron chi connectivity index (χ2n) is 6.99. The van der Waals surface area contributed by atoms with E-state index in [1.165, 1.54) is 25.3 Å². The van der Waals surface area contributed by atoms with Crippen molar-refractivity contribution in [2.75, 3.05) is 20.3 Å². The van der Waals surface area contributed by atoms with E-state index in [4.69, 9.17) is 19.9 Å². The molecule has 0 radical (unpaired) electrons. The van der Waals surface area contributed by atoms with Crippen molar-refractivity contribution < 1.29 is 28.6 Å². The maximum atomic E-state index is 12.2. The molecule has 0 heterocycles. The van der Waals surface area contributed by atoms with Gasteiger partial charge < -0.3 is 25.3 Å². The Kier molecular flexibility index (Phi) is 9.84. The normalized spacial score (nSPS) is 11.6. The summed E-state index contributed by atoms with van der Waals surface area (Å²) in [5.74, 6) is -0.491. The van der Waals surface area contributed by atoms with E-state index in [0.29, 0.717) is 5.92 Å². The first-order valence-electron chi connectivity index (χ1n) is 9.28. The van der Waals surface area contributed by atoms with Crippen LogP contribution in [-0.4, -0.2) is 44.1 Å². The average Bonchev–Trinajstić information content (AvgIpc) is 2.63. The first kappa shape index (κ1) is 23.3. The van der Waals surface area contributed by atoms with Crippen molar-refractivity contribution in [1.29, 1.82) is 0 Å². The molecular weight excluding hydrogens is 364 g/mol. The third-order valence-corrected chi connectivity index (χ3v) is 3.93. The zero-order valence-corrected chi connectivity index (χ0v) is 16.9. The summed E-state index contributed by atoms with van der Waals surface area (Å²) in [6.07, 6.45) is 3.01. The highest BCUT2D eigenvalue weighted by Gasteiger charge is 2.15. The number of esters is 1. The van der Waals surface area contributed by atoms with Gasteiger partial charge in [0.15, 0.2) is 24.7 Å². The molecule has 0 aliphatic carbocycles. The van der Waals surface area contributed by atoms with E-state index < -0.39 is 11.9 Å². The van der Waals surface area contributed by atoms with Gasteiger partial charge in [0.05, 0.1) is 12.7 Å². The number of hydrogen-bond acceptors (Lipinski definition) is 6. The van der Waals surface area contributed by atoms with Crippen LogP contribution in [-0.2, 0) is 14.3 Å². The van der Waals surface area contributed by atoms with Gasteiger partial charge in [-0.25, -0.2) is 4.79 Å². The quantitative estimate of drug-likeness (QED) is 0.524. The fraction of sp³-hybridized carbons (Fsp3) is 0.550. The Morgan fingerprint density at radius 1 is 1.07 bits per heavy atom. The molecular formula is C20H30N2O6. The van der Waals surface area contributed by atoms with Crippen LogP contribution in [0.5, 0.6) is 11.5 Å². The molecule has 0 aliphatic rings. The molecule has 0 aliphatic heterocycles. The lowest BCUT2D eigenvalue weighted by Crippen LogP contribution is -2.35. The van der Waals surface area contributed by atoms with E-state index in [9.17, 15) is 14.4 Å². The van der Waals surface area contributed by atoms with Gasteiger partial charge in [0.25, 0.3) is 11.8 Å². The van der Waals surface area contributed by atoms with Crippen molar-refractivity contribution in [2.45, 2.75) is 46.1 Å². The number of rotatable bonds is 12. The standard InChI is InChI=1S/C20H30N2O6/c1-13(2)6-5-7-14(3)22-19(24)12-28-20(25)15-8-9-16(17(10-15)26-4)27-11-18(21)23/h8-10,13-14H,5-7,11-12H2,1-4H3,(H2,21,23)(H,22,24). The fourth-order valence-electron chi connectivity index (χ4n) is 2.50. The number of nitrogens with one attached hydrogen (secondary N) is 1. The summed E-state index contributed by atoms with van der Waals surface area (Å²) in [5, 5.41) is 2.81. The molecule has 1 rings (SSSR count). The van der Waals surface area contributed by atoms with Gasteiger partial charge in [0, 0.05) is 6.04 Å². The average molecular weight is 394 g/mol. The van der Waals surface area contributed by atoms with Gasteiger partial charge in [-0.3, -0.25) is 9.59 Å². The van der Waals surface area contributed by atoms with E-state index in [1.807, 2.05) is 6.92 Å². The Morgan fingerprint density at radius 3 is 2.39 bits per heavy atom. The molecule has 8 heteroatoms. The minimum Gasteiger partial charge on any atom is -0.493 e. The molecule has 0 fully saturated rings. The van der Waals surface area contributed by atoms with Crippen LogP contribution in [0.4, 0.5) is 0 Å². The third-order valence-electron chi connectivity index (χ3n) is 3.93. The fourth-order valence-corrected chi connectivity index (χ4v) is 2.50. The molecule has 0 bridgehead atoms. The third kappa shape index (κ3) is 8.75. The molecule has 0 spiro atoms. The predicted molar refractivity (Wildman–Crippen MR) is 104 cm³/mol. The molecule has 28 heavy (non-hydrogen) atoms. The zero-order valence-electron chi connectivity index (χ0n) is 16.9. The van der Waals surface area contributed by atoms with E-state index in [0.717, 1.165) is 19.3 Å². The maximum Gasteiger partial charge on any atom is 0.338 e. The Morgan fingerprint density at radius 2 is 1.79 bits per heavy atom. The Balaban J connectivity index is 2.51. The summed E-state index contributed by atoms with van der Waals surface area (Å²) in [6, 6.07) is 4.35. The van der Waals surface area contributed by atoms with Gasteiger partial charge in [0.1, 0.15) is 0 Å². The van der Waals surface area contributed by atoms with Crippen molar-refractivity contribution in [3.8, 4) is 11.5 Å². The van der Waals surface area contributed by atoms with Crippen LogP contribution in [0.2, 0.25) is 0 Å². The van der Waals surface area contributed by atoms with Gasteiger partial charge in [-0.15, -0.1) is 0 Å². The smallest absolute Gasteiger partial charge is 0.338 e. The maximum absolute atomic E-state index is 12.2. The summed E-state index contributed by atoms with van der Waals surface area (Å²) in [7, 11) is 1.40. The van der Waals surface area contributed by atoms with Gasteiger partial charge in [-0.1, -0.05) is 26.7 Å². The second kappa shape index (κ2) is 11.8. The number of primary amides is 1. The molecule has 0 saturated heterocycles. The molecule has 1 atom stereocenters. The highest BCUT2D eigenvalue weighted by molar-refractivity contribution is 5.92. The number of carbonyl (C=O) groups excluding carboxylic acids is 3. The van der Waals surface area contributed by atoms with Gasteiger partial charge >= 0.3 is 5.97 Å². The van der Waals surface area contributed by atoms with Crippen LogP contribution in [0.25, 0.3) is 0 Å². The Bertz CT molecular complexity index is 675. The van der Waals surface area contributed by atoms with Crippen molar-refractivity contribution in [2.24, 2.45) is 11.7 Å². The molecule has 1 unspecified atom stereocenters. The molecule has 2 amide bonds. The number of ether oxygens (including phenoxy) is 3. The molecule has 0 aromatic heterocycles. The number of amides is 2. The van der Waals surface area contributed by atoms with Gasteiger partial charge in [-0.2, -0.15) is 0 Å². The molecule has 3 N–H and O–H groups in total. The van der Waals surface area contributed by atoms with Crippen molar-refractivity contribution >= 4 is 17.8 Å². The van der Waals surface area contributed by atoms with Crippen LogP contribution in [0.15, 0.2) is 18.2 Å². The van der Waals surface area contributed by atoms with Crippen LogP contribution in [0.3, 0.4) is 0 Å². The molecule has 1 aromatic carbocycles. The number of benzene rings is 1. The van der Waals surface area contributed by atoms with Crippen molar-refractivity contribution in [1.82, 2.24) is 5.32 Å². The SMILES string of the molecule is COc1cc(C(=O)OCC(=O)NC(C)CCCC(C)C)ccc1OCC(N)=O. The van der Waals surface area contributed by atoms with Crippen molar-refractivity contribution in [3.05, 3.63) is 23.8 Å². The van der Waals surface area contributed by atoms with Crippen LogP contribution in [0, 0.1) is 5.92 Å². The zero-order chi connectivity index (χ0) is 21.1. The topological polar surface area (TPSA) is 117 Å². The number of nitrogens with two attached hydrogens (primary N) is 1. The Hall–Kier alpha value is -2.77. The Labute approximate surface area is 165 Å². The monoisotopic (exact) mass is 394 g/mol. The summed E-state index contributed by atoms with van der Waals surface area (Å²) < 4.78 is 15.4. The highest BCUT2D eigenvalue weighted by Crippen LogP contribution is 2.28. The van der Waals surface area contributed by atoms with E-state index >= 15 is 0 Å². The van der Waals surface area contributed by atoms with Crippen LogP contribution >= 0.6 is 0 Å². The first-order valence-corrected chi connectivity index (χ1v) is 9.28. The lowest BCUT2D eigenvalue weighted by atomic mass is 10.0. The summed E-state index contributed by atoms with van der Waals surface area (Å²) in [4.78, 5) is 34.9. The highest BCUT2D eigenvalue weighted by atomic mass is 16.5. The van der Waals surface area contributed by atoms with Gasteiger partial charge in [0.2, 0.25) is 0 Å². The lowest BCUT2D eigenvalue weighted by molar-refractivity contribution is -0.125.